The fourth-order valence-electron chi connectivity index (χ4n) is 3.01. The van der Waals surface area contributed by atoms with E-state index in [-0.39, 0.29) is 6.61 Å². The van der Waals surface area contributed by atoms with Gasteiger partial charge in [-0.1, -0.05) is 64.0 Å². The number of hydrogen-bond acceptors (Lipinski definition) is 5. The lowest BCUT2D eigenvalue weighted by atomic mass is 10.1. The number of aliphatic hydroxyl groups excluding tert-OH is 3. The Balaban J connectivity index is 2.02. The van der Waals surface area contributed by atoms with E-state index < -0.39 is 31.0 Å². The molecule has 0 amide bonds. The minimum atomic E-state index is -1.02. The molecule has 1 aliphatic heterocycles. The molecule has 1 fully saturated rings. The Morgan fingerprint density at radius 1 is 1.08 bits per heavy atom. The highest BCUT2D eigenvalue weighted by Crippen LogP contribution is 2.21. The van der Waals surface area contributed by atoms with E-state index in [1.54, 1.807) is 0 Å². The summed E-state index contributed by atoms with van der Waals surface area (Å²) < 4.78 is 10.9. The van der Waals surface area contributed by atoms with Gasteiger partial charge in [-0.25, -0.2) is 0 Å². The Bertz CT molecular complexity index is 321. The van der Waals surface area contributed by atoms with Crippen LogP contribution in [0.5, 0.6) is 0 Å². The Morgan fingerprint density at radius 3 is 2.42 bits per heavy atom. The topological polar surface area (TPSA) is 79.2 Å². The summed E-state index contributed by atoms with van der Waals surface area (Å²) in [7, 11) is 0. The number of aliphatic hydroxyl groups is 3. The molecule has 0 bridgehead atoms. The van der Waals surface area contributed by atoms with Crippen LogP contribution in [0.15, 0.2) is 12.2 Å². The van der Waals surface area contributed by atoms with Crippen LogP contribution in [-0.2, 0) is 9.47 Å². The molecule has 3 N–H and O–H groups in total. The fourth-order valence-corrected chi connectivity index (χ4v) is 3.01. The Hall–Kier alpha value is -0.460. The van der Waals surface area contributed by atoms with Crippen molar-refractivity contribution in [3.8, 4) is 0 Å². The van der Waals surface area contributed by atoms with Crippen molar-refractivity contribution in [1.29, 1.82) is 0 Å². The molecule has 142 valence electrons. The molecule has 0 aromatic heterocycles. The number of unbranched alkanes of at least 4 members (excludes halogenated alkanes) is 8. The van der Waals surface area contributed by atoms with Crippen LogP contribution in [-0.4, -0.2) is 59.6 Å². The first-order chi connectivity index (χ1) is 11.7. The first-order valence-corrected chi connectivity index (χ1v) is 9.55. The van der Waals surface area contributed by atoms with Gasteiger partial charge in [0.2, 0.25) is 0 Å². The summed E-state index contributed by atoms with van der Waals surface area (Å²) in [5, 5.41) is 28.5. The second kappa shape index (κ2) is 13.8. The average molecular weight is 344 g/mol. The minimum Gasteiger partial charge on any atom is -0.394 e. The summed E-state index contributed by atoms with van der Waals surface area (Å²) in [5.41, 5.74) is 0. The maximum Gasteiger partial charge on any atom is 0.115 e. The van der Waals surface area contributed by atoms with Crippen molar-refractivity contribution in [1.82, 2.24) is 0 Å². The molecule has 0 aromatic carbocycles. The van der Waals surface area contributed by atoms with Crippen LogP contribution >= 0.6 is 0 Å². The van der Waals surface area contributed by atoms with Crippen molar-refractivity contribution >= 4 is 0 Å². The van der Waals surface area contributed by atoms with Crippen molar-refractivity contribution in [2.75, 3.05) is 19.8 Å². The Labute approximate surface area is 146 Å². The van der Waals surface area contributed by atoms with Crippen LogP contribution in [0.4, 0.5) is 0 Å². The number of hydrogen-bond donors (Lipinski definition) is 3. The zero-order valence-corrected chi connectivity index (χ0v) is 15.1. The van der Waals surface area contributed by atoms with Crippen molar-refractivity contribution in [2.45, 2.75) is 89.1 Å². The lowest BCUT2D eigenvalue weighted by Gasteiger charge is -2.23. The molecule has 1 heterocycles. The molecule has 5 nitrogen and oxygen atoms in total. The van der Waals surface area contributed by atoms with Gasteiger partial charge in [-0.3, -0.25) is 0 Å². The predicted molar refractivity (Wildman–Crippen MR) is 94.9 cm³/mol. The summed E-state index contributed by atoms with van der Waals surface area (Å²) in [6.07, 6.45) is 12.6. The Morgan fingerprint density at radius 2 is 1.75 bits per heavy atom. The van der Waals surface area contributed by atoms with Crippen LogP contribution in [0.3, 0.4) is 0 Å². The molecule has 4 atom stereocenters. The summed E-state index contributed by atoms with van der Waals surface area (Å²) in [4.78, 5) is 0. The predicted octanol–water partition coefficient (Wildman–Crippen LogP) is 2.57. The fraction of sp³-hybridized carbons (Fsp3) is 0.895. The van der Waals surface area contributed by atoms with E-state index in [1.165, 1.54) is 51.4 Å². The molecule has 24 heavy (non-hydrogen) atoms. The van der Waals surface area contributed by atoms with E-state index in [0.29, 0.717) is 6.61 Å². The van der Waals surface area contributed by atoms with Gasteiger partial charge in [0.05, 0.1) is 19.8 Å². The molecule has 0 unspecified atom stereocenters. The lowest BCUT2D eigenvalue weighted by molar-refractivity contribution is -0.0879. The van der Waals surface area contributed by atoms with E-state index in [4.69, 9.17) is 14.6 Å². The minimum absolute atomic E-state index is 0.133. The van der Waals surface area contributed by atoms with Gasteiger partial charge in [0.15, 0.2) is 0 Å². The van der Waals surface area contributed by atoms with E-state index in [1.807, 2.05) is 6.08 Å². The van der Waals surface area contributed by atoms with Gasteiger partial charge in [-0.05, 0) is 12.8 Å². The largest absolute Gasteiger partial charge is 0.394 e. The Kier molecular flexibility index (Phi) is 12.4. The molecular weight excluding hydrogens is 308 g/mol. The first-order valence-electron chi connectivity index (χ1n) is 9.55. The van der Waals surface area contributed by atoms with Gasteiger partial charge in [0, 0.05) is 0 Å². The molecule has 5 heteroatoms. The maximum absolute atomic E-state index is 9.81. The molecule has 0 aliphatic carbocycles. The highest BCUT2D eigenvalue weighted by molar-refractivity contribution is 4.91. The second-order valence-corrected chi connectivity index (χ2v) is 6.65. The van der Waals surface area contributed by atoms with Crippen molar-refractivity contribution in [3.63, 3.8) is 0 Å². The zero-order valence-electron chi connectivity index (χ0n) is 15.1. The molecule has 0 radical (unpaired) electrons. The molecular formula is C19H36O5. The second-order valence-electron chi connectivity index (χ2n) is 6.65. The van der Waals surface area contributed by atoms with Crippen LogP contribution in [0.1, 0.15) is 64.7 Å². The highest BCUT2D eigenvalue weighted by atomic mass is 16.6. The molecule has 1 rings (SSSR count). The molecule has 1 aliphatic rings. The zero-order chi connectivity index (χ0) is 17.6. The van der Waals surface area contributed by atoms with E-state index in [9.17, 15) is 10.2 Å². The van der Waals surface area contributed by atoms with E-state index >= 15 is 0 Å². The third-order valence-corrected chi connectivity index (χ3v) is 4.50. The molecule has 0 saturated carbocycles. The lowest BCUT2D eigenvalue weighted by Crippen LogP contribution is -2.42. The molecule has 0 spiro atoms. The normalized spacial score (nSPS) is 25.6. The van der Waals surface area contributed by atoms with Gasteiger partial charge >= 0.3 is 0 Å². The van der Waals surface area contributed by atoms with Crippen molar-refractivity contribution < 1.29 is 24.8 Å². The monoisotopic (exact) mass is 344 g/mol. The smallest absolute Gasteiger partial charge is 0.115 e. The SMILES string of the molecule is CCCCCCCCCC/C=C/CO[C@H]1[C@@H]([C@@H](O)CO)OC[C@H]1O. The van der Waals surface area contributed by atoms with Gasteiger partial charge < -0.3 is 24.8 Å². The van der Waals surface area contributed by atoms with Gasteiger partial charge in [0.1, 0.15) is 24.4 Å². The third-order valence-electron chi connectivity index (χ3n) is 4.50. The standard InChI is InChI=1S/C19H36O5/c1-2-3-4-5-6-7-8-9-10-11-12-13-23-19-17(22)15-24-18(19)16(21)14-20/h11-12,16-22H,2-10,13-15H2,1H3/b12-11+/t16-,17+,18+,19+/m0/s1. The van der Waals surface area contributed by atoms with Gasteiger partial charge in [-0.2, -0.15) is 0 Å². The van der Waals surface area contributed by atoms with Crippen molar-refractivity contribution in [3.05, 3.63) is 12.2 Å². The van der Waals surface area contributed by atoms with Gasteiger partial charge in [-0.15, -0.1) is 0 Å². The van der Waals surface area contributed by atoms with Crippen LogP contribution in [0.2, 0.25) is 0 Å². The number of rotatable bonds is 14. The quantitative estimate of drug-likeness (QED) is 0.333. The third kappa shape index (κ3) is 8.58. The summed E-state index contributed by atoms with van der Waals surface area (Å²) in [5.74, 6) is 0. The van der Waals surface area contributed by atoms with Gasteiger partial charge in [0.25, 0.3) is 0 Å². The molecule has 0 aromatic rings. The van der Waals surface area contributed by atoms with E-state index in [0.717, 1.165) is 6.42 Å². The van der Waals surface area contributed by atoms with Crippen molar-refractivity contribution in [2.24, 2.45) is 0 Å². The average Bonchev–Trinajstić information content (AvgIpc) is 2.96. The van der Waals surface area contributed by atoms with Crippen LogP contribution in [0.25, 0.3) is 0 Å². The number of allylic oxidation sites excluding steroid dienone is 1. The summed E-state index contributed by atoms with van der Waals surface area (Å²) in [6.45, 7) is 2.36. The summed E-state index contributed by atoms with van der Waals surface area (Å²) in [6, 6.07) is 0. The summed E-state index contributed by atoms with van der Waals surface area (Å²) >= 11 is 0. The molecule has 1 saturated heterocycles. The highest BCUT2D eigenvalue weighted by Gasteiger charge is 2.40. The van der Waals surface area contributed by atoms with Crippen LogP contribution in [0, 0.1) is 0 Å². The number of ether oxygens (including phenoxy) is 2. The first kappa shape index (κ1) is 21.6. The van der Waals surface area contributed by atoms with E-state index in [2.05, 4.69) is 13.0 Å². The van der Waals surface area contributed by atoms with Crippen LogP contribution < -0.4 is 0 Å². The maximum atomic E-state index is 9.81.